The summed E-state index contributed by atoms with van der Waals surface area (Å²) in [5.74, 6) is -0.378. The van der Waals surface area contributed by atoms with Crippen LogP contribution in [0.25, 0.3) is 11.4 Å². The average Bonchev–Trinajstić information content (AvgIpc) is 3.54. The van der Waals surface area contributed by atoms with Crippen molar-refractivity contribution in [3.8, 4) is 11.4 Å². The highest BCUT2D eigenvalue weighted by atomic mass is 19.3. The van der Waals surface area contributed by atoms with Gasteiger partial charge in [-0.1, -0.05) is 35.4 Å². The number of amides is 1. The molecule has 9 nitrogen and oxygen atoms in total. The van der Waals surface area contributed by atoms with Gasteiger partial charge in [0.2, 0.25) is 29.3 Å². The van der Waals surface area contributed by atoms with Crippen LogP contribution in [0.4, 0.5) is 18.9 Å². The predicted molar refractivity (Wildman–Crippen MR) is 127 cm³/mol. The summed E-state index contributed by atoms with van der Waals surface area (Å²) in [6, 6.07) is 7.19. The molecule has 1 fully saturated rings. The van der Waals surface area contributed by atoms with Crippen molar-refractivity contribution < 1.29 is 31.7 Å². The van der Waals surface area contributed by atoms with E-state index in [2.05, 4.69) is 26.9 Å². The minimum atomic E-state index is -2.78. The van der Waals surface area contributed by atoms with Crippen LogP contribution in [0.5, 0.6) is 0 Å². The number of halogens is 3. The van der Waals surface area contributed by atoms with E-state index >= 15 is 0 Å². The zero-order valence-electron chi connectivity index (χ0n) is 20.5. The Hall–Kier alpha value is -3.54. The zero-order valence-corrected chi connectivity index (χ0v) is 20.5. The van der Waals surface area contributed by atoms with Crippen molar-refractivity contribution in [1.82, 2.24) is 20.3 Å². The molecule has 198 valence electrons. The second-order valence-corrected chi connectivity index (χ2v) is 9.25. The molecule has 1 aliphatic rings. The molecule has 0 atom stereocenters. The maximum absolute atomic E-state index is 13.2. The highest BCUT2D eigenvalue weighted by molar-refractivity contribution is 5.94. The Bertz CT molecular complexity index is 1220. The molecule has 1 amide bonds. The molecule has 1 aromatic carbocycles. The van der Waals surface area contributed by atoms with Crippen LogP contribution in [0.1, 0.15) is 63.1 Å². The molecule has 0 aliphatic carbocycles. The maximum Gasteiger partial charge on any atom is 0.300 e. The largest absolute Gasteiger partial charge is 0.379 e. The Kier molecular flexibility index (Phi) is 8.37. The Labute approximate surface area is 211 Å². The summed E-state index contributed by atoms with van der Waals surface area (Å²) in [5.41, 5.74) is 0.993. The first-order chi connectivity index (χ1) is 17.7. The molecular formula is C25H28F3N5O4. The summed E-state index contributed by atoms with van der Waals surface area (Å²) in [6.45, 7) is 6.62. The topological polar surface area (TPSA) is 107 Å². The fourth-order valence-corrected chi connectivity index (χ4v) is 3.89. The highest BCUT2D eigenvalue weighted by Crippen LogP contribution is 2.32. The molecule has 0 unspecified atom stereocenters. The van der Waals surface area contributed by atoms with E-state index in [4.69, 9.17) is 13.8 Å². The number of carbonyl (C=O) groups excluding carboxylic acids is 1. The fourth-order valence-electron chi connectivity index (χ4n) is 3.89. The number of nitrogens with zero attached hydrogens (tertiary/aromatic N) is 5. The number of aromatic nitrogens is 4. The van der Waals surface area contributed by atoms with Gasteiger partial charge in [-0.2, -0.15) is 9.97 Å². The van der Waals surface area contributed by atoms with Gasteiger partial charge < -0.3 is 18.7 Å². The van der Waals surface area contributed by atoms with Gasteiger partial charge in [-0.05, 0) is 31.9 Å². The average molecular weight is 520 g/mol. The SMILES string of the molecule is C=C(F)CCC(=O)N(CCCCCc1nc(C(F)F)no1)c1cccc(-c2noc(C3(C)COC3)n2)c1. The molecular weight excluding hydrogens is 491 g/mol. The van der Waals surface area contributed by atoms with Gasteiger partial charge in [0.15, 0.2) is 0 Å². The molecule has 0 spiro atoms. The Morgan fingerprint density at radius 3 is 2.62 bits per heavy atom. The maximum atomic E-state index is 13.2. The van der Waals surface area contributed by atoms with Gasteiger partial charge in [-0.15, -0.1) is 0 Å². The second kappa shape index (κ2) is 11.7. The van der Waals surface area contributed by atoms with Crippen LogP contribution in [-0.2, 0) is 21.4 Å². The quantitative estimate of drug-likeness (QED) is 0.278. The third-order valence-corrected chi connectivity index (χ3v) is 6.06. The third-order valence-electron chi connectivity index (χ3n) is 6.06. The summed E-state index contributed by atoms with van der Waals surface area (Å²) < 4.78 is 54.0. The van der Waals surface area contributed by atoms with E-state index in [1.54, 1.807) is 23.1 Å². The van der Waals surface area contributed by atoms with Gasteiger partial charge in [-0.25, -0.2) is 13.2 Å². The first-order valence-corrected chi connectivity index (χ1v) is 12.0. The van der Waals surface area contributed by atoms with E-state index < -0.39 is 18.1 Å². The van der Waals surface area contributed by atoms with Crippen LogP contribution < -0.4 is 4.90 Å². The van der Waals surface area contributed by atoms with Gasteiger partial charge >= 0.3 is 6.43 Å². The number of hydrogen-bond donors (Lipinski definition) is 0. The lowest BCUT2D eigenvalue weighted by Crippen LogP contribution is -2.44. The lowest BCUT2D eigenvalue weighted by molar-refractivity contribution is -0.118. The Morgan fingerprint density at radius 2 is 1.95 bits per heavy atom. The number of ether oxygens (including phenoxy) is 1. The summed E-state index contributed by atoms with van der Waals surface area (Å²) in [5, 5.41) is 7.34. The van der Waals surface area contributed by atoms with Gasteiger partial charge in [0.25, 0.3) is 0 Å². The summed E-state index contributed by atoms with van der Waals surface area (Å²) in [4.78, 5) is 22.8. The number of carbonyl (C=O) groups is 1. The molecule has 0 N–H and O–H groups in total. The Balaban J connectivity index is 1.41. The standard InChI is InChI=1S/C25H28F3N5O4/c1-16(26)10-11-20(34)33(12-5-3-4-9-19-29-23(21(27)28)32-36-19)18-8-6-7-17(13-18)22-30-24(37-31-22)25(2)14-35-15-25/h6-8,13,21H,1,3-5,9-12,14-15H2,2H3. The molecule has 0 saturated carbocycles. The van der Waals surface area contributed by atoms with Crippen LogP contribution in [0.2, 0.25) is 0 Å². The van der Waals surface area contributed by atoms with E-state index in [1.807, 2.05) is 13.0 Å². The molecule has 12 heteroatoms. The van der Waals surface area contributed by atoms with E-state index in [0.717, 1.165) is 0 Å². The van der Waals surface area contributed by atoms with Crippen molar-refractivity contribution in [3.63, 3.8) is 0 Å². The number of unbranched alkanes of at least 4 members (excludes halogenated alkanes) is 2. The predicted octanol–water partition coefficient (Wildman–Crippen LogP) is 5.35. The number of rotatable bonds is 13. The van der Waals surface area contributed by atoms with E-state index in [1.165, 1.54) is 0 Å². The number of hydrogen-bond acceptors (Lipinski definition) is 8. The number of alkyl halides is 2. The summed E-state index contributed by atoms with van der Waals surface area (Å²) in [6.07, 6.45) is -0.594. The first kappa shape index (κ1) is 26.5. The zero-order chi connectivity index (χ0) is 26.4. The monoisotopic (exact) mass is 519 g/mol. The molecule has 37 heavy (non-hydrogen) atoms. The van der Waals surface area contributed by atoms with E-state index in [-0.39, 0.29) is 30.1 Å². The molecule has 1 saturated heterocycles. The van der Waals surface area contributed by atoms with E-state index in [0.29, 0.717) is 68.4 Å². The van der Waals surface area contributed by atoms with Crippen molar-refractivity contribution in [2.75, 3.05) is 24.7 Å². The van der Waals surface area contributed by atoms with Crippen LogP contribution in [0.15, 0.2) is 45.7 Å². The molecule has 4 rings (SSSR count). The molecule has 0 radical (unpaired) electrons. The van der Waals surface area contributed by atoms with Crippen molar-refractivity contribution in [2.45, 2.75) is 57.3 Å². The minimum absolute atomic E-state index is 0.0251. The van der Waals surface area contributed by atoms with Crippen LogP contribution in [-0.4, -0.2) is 45.9 Å². The molecule has 0 bridgehead atoms. The lowest BCUT2D eigenvalue weighted by atomic mass is 9.89. The van der Waals surface area contributed by atoms with Crippen molar-refractivity contribution in [1.29, 1.82) is 0 Å². The van der Waals surface area contributed by atoms with Crippen molar-refractivity contribution in [2.24, 2.45) is 0 Å². The second-order valence-electron chi connectivity index (χ2n) is 9.25. The smallest absolute Gasteiger partial charge is 0.300 e. The van der Waals surface area contributed by atoms with Crippen LogP contribution >= 0.6 is 0 Å². The summed E-state index contributed by atoms with van der Waals surface area (Å²) in [7, 11) is 0. The normalized spacial score (nSPS) is 14.5. The molecule has 3 heterocycles. The minimum Gasteiger partial charge on any atom is -0.379 e. The molecule has 2 aromatic heterocycles. The number of anilines is 1. The number of benzene rings is 1. The summed E-state index contributed by atoms with van der Waals surface area (Å²) >= 11 is 0. The van der Waals surface area contributed by atoms with Crippen molar-refractivity contribution in [3.05, 3.63) is 54.3 Å². The first-order valence-electron chi connectivity index (χ1n) is 12.0. The molecule has 3 aromatic rings. The lowest BCUT2D eigenvalue weighted by Gasteiger charge is -2.33. The van der Waals surface area contributed by atoms with Crippen molar-refractivity contribution >= 4 is 11.6 Å². The van der Waals surface area contributed by atoms with E-state index in [9.17, 15) is 18.0 Å². The number of allylic oxidation sites excluding steroid dienone is 1. The van der Waals surface area contributed by atoms with Gasteiger partial charge in [0, 0.05) is 37.1 Å². The highest BCUT2D eigenvalue weighted by Gasteiger charge is 2.41. The number of aryl methyl sites for hydroxylation is 1. The fraction of sp³-hybridized carbons (Fsp3) is 0.480. The van der Waals surface area contributed by atoms with Gasteiger partial charge in [0.05, 0.1) is 24.5 Å². The molecule has 1 aliphatic heterocycles. The van der Waals surface area contributed by atoms with Crippen LogP contribution in [0.3, 0.4) is 0 Å². The third kappa shape index (κ3) is 6.62. The van der Waals surface area contributed by atoms with Gasteiger partial charge in [0.1, 0.15) is 0 Å². The Morgan fingerprint density at radius 1 is 1.14 bits per heavy atom. The van der Waals surface area contributed by atoms with Crippen LogP contribution in [0, 0.1) is 0 Å². The van der Waals surface area contributed by atoms with Gasteiger partial charge in [-0.3, -0.25) is 4.79 Å².